The van der Waals surface area contributed by atoms with Gasteiger partial charge in [0.2, 0.25) is 0 Å². The topological polar surface area (TPSA) is 29.4 Å². The van der Waals surface area contributed by atoms with Crippen LogP contribution in [0.5, 0.6) is 0 Å². The van der Waals surface area contributed by atoms with E-state index < -0.39 is 0 Å². The third-order valence-electron chi connectivity index (χ3n) is 2.92. The van der Waals surface area contributed by atoms with Gasteiger partial charge in [0.1, 0.15) is 0 Å². The van der Waals surface area contributed by atoms with Crippen LogP contribution in [-0.4, -0.2) is 6.54 Å². The number of allylic oxidation sites excluding steroid dienone is 2. The SMILES string of the molecule is CC(C)=CCCC1(CCN=O)CC1. The van der Waals surface area contributed by atoms with E-state index in [9.17, 15) is 4.91 Å². The van der Waals surface area contributed by atoms with Crippen molar-refractivity contribution >= 4 is 0 Å². The first kappa shape index (κ1) is 10.4. The lowest BCUT2D eigenvalue weighted by Crippen LogP contribution is -2.01. The van der Waals surface area contributed by atoms with Crippen LogP contribution < -0.4 is 0 Å². The summed E-state index contributed by atoms with van der Waals surface area (Å²) in [6.07, 6.45) is 8.31. The summed E-state index contributed by atoms with van der Waals surface area (Å²) in [4.78, 5) is 10.00. The van der Waals surface area contributed by atoms with Crippen molar-refractivity contribution in [3.05, 3.63) is 16.6 Å². The predicted molar refractivity (Wildman–Crippen MR) is 55.6 cm³/mol. The Bertz CT molecular complexity index is 200. The van der Waals surface area contributed by atoms with Gasteiger partial charge in [0.25, 0.3) is 0 Å². The summed E-state index contributed by atoms with van der Waals surface area (Å²) in [5, 5.41) is 2.94. The summed E-state index contributed by atoms with van der Waals surface area (Å²) in [6, 6.07) is 0. The van der Waals surface area contributed by atoms with E-state index in [4.69, 9.17) is 0 Å². The zero-order valence-electron chi connectivity index (χ0n) is 8.68. The highest BCUT2D eigenvalue weighted by Gasteiger charge is 2.40. The summed E-state index contributed by atoms with van der Waals surface area (Å²) in [7, 11) is 0. The van der Waals surface area contributed by atoms with Crippen LogP contribution in [0, 0.1) is 10.3 Å². The monoisotopic (exact) mass is 181 g/mol. The molecule has 0 amide bonds. The molecular formula is C11H19NO. The lowest BCUT2D eigenvalue weighted by Gasteiger charge is -2.10. The number of nitroso groups, excluding NO2 is 1. The highest BCUT2D eigenvalue weighted by Crippen LogP contribution is 2.52. The fourth-order valence-corrected chi connectivity index (χ4v) is 1.75. The summed E-state index contributed by atoms with van der Waals surface area (Å²) in [5.74, 6) is 0. The van der Waals surface area contributed by atoms with E-state index in [1.165, 1.54) is 31.3 Å². The van der Waals surface area contributed by atoms with Crippen LogP contribution in [-0.2, 0) is 0 Å². The molecule has 2 nitrogen and oxygen atoms in total. The second kappa shape index (κ2) is 4.54. The standard InChI is InChI=1S/C11H19NO/c1-10(2)4-3-5-11(6-7-11)8-9-12-13/h4H,3,5-9H2,1-2H3. The van der Waals surface area contributed by atoms with Gasteiger partial charge in [0.15, 0.2) is 0 Å². The quantitative estimate of drug-likeness (QED) is 0.454. The van der Waals surface area contributed by atoms with Gasteiger partial charge in [-0.05, 0) is 51.4 Å². The number of hydrogen-bond donors (Lipinski definition) is 0. The molecule has 1 rings (SSSR count). The average Bonchev–Trinajstić information content (AvgIpc) is 2.82. The zero-order chi connectivity index (χ0) is 9.73. The first-order valence-electron chi connectivity index (χ1n) is 5.11. The minimum Gasteiger partial charge on any atom is -0.151 e. The number of hydrogen-bond acceptors (Lipinski definition) is 2. The van der Waals surface area contributed by atoms with Gasteiger partial charge in [-0.2, -0.15) is 4.91 Å². The van der Waals surface area contributed by atoms with E-state index >= 15 is 0 Å². The van der Waals surface area contributed by atoms with E-state index in [1.54, 1.807) is 0 Å². The average molecular weight is 181 g/mol. The molecule has 0 aliphatic heterocycles. The summed E-state index contributed by atoms with van der Waals surface area (Å²) >= 11 is 0. The minimum atomic E-state index is 0.500. The van der Waals surface area contributed by atoms with Gasteiger partial charge in [-0.1, -0.05) is 16.8 Å². The van der Waals surface area contributed by atoms with Gasteiger partial charge in [-0.25, -0.2) is 0 Å². The first-order chi connectivity index (χ1) is 6.18. The van der Waals surface area contributed by atoms with E-state index in [0.29, 0.717) is 12.0 Å². The molecule has 0 unspecified atom stereocenters. The molecule has 2 heteroatoms. The van der Waals surface area contributed by atoms with Gasteiger partial charge in [0, 0.05) is 0 Å². The Kier molecular flexibility index (Phi) is 3.64. The van der Waals surface area contributed by atoms with Crippen molar-refractivity contribution in [1.82, 2.24) is 0 Å². The minimum absolute atomic E-state index is 0.500. The number of nitrogens with zero attached hydrogens (tertiary/aromatic N) is 1. The molecule has 1 saturated carbocycles. The Morgan fingerprint density at radius 2 is 2.08 bits per heavy atom. The van der Waals surface area contributed by atoms with Crippen molar-refractivity contribution < 1.29 is 0 Å². The fourth-order valence-electron chi connectivity index (χ4n) is 1.75. The Morgan fingerprint density at radius 3 is 2.54 bits per heavy atom. The van der Waals surface area contributed by atoms with Crippen LogP contribution in [0.1, 0.15) is 46.0 Å². The van der Waals surface area contributed by atoms with Crippen molar-refractivity contribution in [2.24, 2.45) is 10.6 Å². The molecule has 0 aromatic carbocycles. The Hall–Kier alpha value is -0.660. The molecule has 0 atom stereocenters. The van der Waals surface area contributed by atoms with E-state index in [1.807, 2.05) is 0 Å². The lowest BCUT2D eigenvalue weighted by molar-refractivity contribution is 0.439. The van der Waals surface area contributed by atoms with Crippen LogP contribution in [0.25, 0.3) is 0 Å². The molecule has 0 aromatic heterocycles. The molecule has 0 spiro atoms. The maximum Gasteiger partial charge on any atom is 0.0816 e. The molecule has 0 heterocycles. The second-order valence-corrected chi connectivity index (χ2v) is 4.42. The molecule has 0 bridgehead atoms. The van der Waals surface area contributed by atoms with Crippen LogP contribution in [0.15, 0.2) is 16.8 Å². The molecule has 0 N–H and O–H groups in total. The van der Waals surface area contributed by atoms with Gasteiger partial charge in [0.05, 0.1) is 6.54 Å². The molecular weight excluding hydrogens is 162 g/mol. The molecule has 0 radical (unpaired) electrons. The van der Waals surface area contributed by atoms with E-state index in [0.717, 1.165) is 6.42 Å². The largest absolute Gasteiger partial charge is 0.151 e. The number of rotatable bonds is 6. The maximum absolute atomic E-state index is 10.00. The van der Waals surface area contributed by atoms with Crippen molar-refractivity contribution in [2.45, 2.75) is 46.0 Å². The predicted octanol–water partition coefficient (Wildman–Crippen LogP) is 3.67. The maximum atomic E-state index is 10.00. The van der Waals surface area contributed by atoms with E-state index in [-0.39, 0.29) is 0 Å². The van der Waals surface area contributed by atoms with E-state index in [2.05, 4.69) is 25.1 Å². The van der Waals surface area contributed by atoms with Gasteiger partial charge in [-0.3, -0.25) is 0 Å². The highest BCUT2D eigenvalue weighted by atomic mass is 16.3. The molecule has 1 aliphatic rings. The third-order valence-corrected chi connectivity index (χ3v) is 2.92. The Labute approximate surface area is 80.4 Å². The smallest absolute Gasteiger partial charge is 0.0816 e. The summed E-state index contributed by atoms with van der Waals surface area (Å²) < 4.78 is 0. The van der Waals surface area contributed by atoms with Crippen LogP contribution in [0.4, 0.5) is 0 Å². The van der Waals surface area contributed by atoms with Gasteiger partial charge < -0.3 is 0 Å². The Balaban J connectivity index is 2.19. The molecule has 0 saturated heterocycles. The molecule has 74 valence electrons. The van der Waals surface area contributed by atoms with Crippen molar-refractivity contribution in [3.63, 3.8) is 0 Å². The van der Waals surface area contributed by atoms with Crippen LogP contribution in [0.3, 0.4) is 0 Å². The van der Waals surface area contributed by atoms with Crippen molar-refractivity contribution in [1.29, 1.82) is 0 Å². The van der Waals surface area contributed by atoms with Gasteiger partial charge in [-0.15, -0.1) is 0 Å². The van der Waals surface area contributed by atoms with Crippen LogP contribution in [0.2, 0.25) is 0 Å². The lowest BCUT2D eigenvalue weighted by atomic mass is 9.96. The summed E-state index contributed by atoms with van der Waals surface area (Å²) in [6.45, 7) is 4.77. The van der Waals surface area contributed by atoms with Crippen LogP contribution >= 0.6 is 0 Å². The second-order valence-electron chi connectivity index (χ2n) is 4.42. The fraction of sp³-hybridized carbons (Fsp3) is 0.818. The first-order valence-corrected chi connectivity index (χ1v) is 5.11. The van der Waals surface area contributed by atoms with Crippen molar-refractivity contribution in [2.75, 3.05) is 6.54 Å². The Morgan fingerprint density at radius 1 is 1.38 bits per heavy atom. The normalized spacial score (nSPS) is 18.0. The molecule has 0 aromatic rings. The molecule has 1 aliphatic carbocycles. The highest BCUT2D eigenvalue weighted by molar-refractivity contribution is 4.98. The summed E-state index contributed by atoms with van der Waals surface area (Å²) in [5.41, 5.74) is 1.89. The zero-order valence-corrected chi connectivity index (χ0v) is 8.68. The third kappa shape index (κ3) is 3.71. The molecule has 1 fully saturated rings. The molecule has 13 heavy (non-hydrogen) atoms. The van der Waals surface area contributed by atoms with Crippen molar-refractivity contribution in [3.8, 4) is 0 Å². The van der Waals surface area contributed by atoms with Gasteiger partial charge >= 0.3 is 0 Å².